The number of imide groups is 1. The predicted octanol–water partition coefficient (Wildman–Crippen LogP) is 1.47. The van der Waals surface area contributed by atoms with Gasteiger partial charge in [-0.2, -0.15) is 0 Å². The summed E-state index contributed by atoms with van der Waals surface area (Å²) >= 11 is 6.03. The largest absolute Gasteiger partial charge is 0.454 e. The number of carbonyl (C=O) groups excluding carboxylic acids is 3. The molecule has 0 unspecified atom stereocenters. The van der Waals surface area contributed by atoms with Crippen molar-refractivity contribution in [3.05, 3.63) is 28.8 Å². The van der Waals surface area contributed by atoms with Crippen LogP contribution in [0, 0.1) is 0 Å². The normalized spacial score (nSPS) is 13.5. The zero-order valence-corrected chi connectivity index (χ0v) is 13.7. The molecule has 0 spiro atoms. The molecule has 2 N–H and O–H groups in total. The van der Waals surface area contributed by atoms with Gasteiger partial charge in [0.15, 0.2) is 17.6 Å². The van der Waals surface area contributed by atoms with E-state index in [2.05, 4.69) is 5.32 Å². The predicted molar refractivity (Wildman–Crippen MR) is 84.8 cm³/mol. The van der Waals surface area contributed by atoms with Crippen LogP contribution < -0.4 is 20.1 Å². The van der Waals surface area contributed by atoms with Crippen LogP contribution in [0.5, 0.6) is 11.5 Å². The molecule has 0 saturated heterocycles. The first-order valence-electron chi connectivity index (χ1n) is 6.91. The molecule has 2 rings (SSSR count). The molecule has 0 radical (unpaired) electrons. The molecule has 0 saturated carbocycles. The maximum Gasteiger partial charge on any atom is 0.331 e. The lowest BCUT2D eigenvalue weighted by molar-refractivity contribution is -0.149. The number of ether oxygens (including phenoxy) is 3. The summed E-state index contributed by atoms with van der Waals surface area (Å²) in [6, 6.07) is 2.56. The molecule has 0 fully saturated rings. The lowest BCUT2D eigenvalue weighted by Crippen LogP contribution is -2.43. The van der Waals surface area contributed by atoms with E-state index in [1.54, 1.807) is 12.1 Å². The van der Waals surface area contributed by atoms with Gasteiger partial charge in [0.05, 0.1) is 5.02 Å². The summed E-state index contributed by atoms with van der Waals surface area (Å²) in [5.74, 6) is -0.546. The van der Waals surface area contributed by atoms with Crippen LogP contribution in [0.4, 0.5) is 4.79 Å². The molecule has 128 valence electrons. The van der Waals surface area contributed by atoms with Gasteiger partial charge in [0.25, 0.3) is 5.91 Å². The number of urea groups is 1. The van der Waals surface area contributed by atoms with Gasteiger partial charge >= 0.3 is 12.0 Å². The van der Waals surface area contributed by atoms with Crippen LogP contribution in [0.3, 0.4) is 0 Å². The quantitative estimate of drug-likeness (QED) is 0.627. The Morgan fingerprint density at radius 2 is 2.08 bits per heavy atom. The van der Waals surface area contributed by atoms with E-state index in [0.29, 0.717) is 22.1 Å². The summed E-state index contributed by atoms with van der Waals surface area (Å²) < 4.78 is 15.3. The molecule has 1 aromatic rings. The van der Waals surface area contributed by atoms with E-state index in [9.17, 15) is 14.4 Å². The monoisotopic (exact) mass is 354 g/mol. The zero-order chi connectivity index (χ0) is 17.7. The first kappa shape index (κ1) is 17.6. The molecule has 0 bridgehead atoms. The fourth-order valence-corrected chi connectivity index (χ4v) is 2.06. The minimum atomic E-state index is -1.13. The number of benzene rings is 1. The van der Waals surface area contributed by atoms with Crippen molar-refractivity contribution in [3.8, 4) is 11.5 Å². The summed E-state index contributed by atoms with van der Waals surface area (Å²) in [4.78, 5) is 34.3. The molecule has 0 aromatic heterocycles. The van der Waals surface area contributed by atoms with Crippen molar-refractivity contribution in [2.75, 3.05) is 13.8 Å². The molecule has 1 heterocycles. The minimum Gasteiger partial charge on any atom is -0.454 e. The summed E-state index contributed by atoms with van der Waals surface area (Å²) in [7, 11) is 1.36. The molecule has 8 nitrogen and oxygen atoms in total. The summed E-state index contributed by atoms with van der Waals surface area (Å²) in [5.41, 5.74) is 0.601. The highest BCUT2D eigenvalue weighted by molar-refractivity contribution is 6.32. The van der Waals surface area contributed by atoms with Crippen molar-refractivity contribution in [3.63, 3.8) is 0 Å². The summed E-state index contributed by atoms with van der Waals surface area (Å²) in [5, 5.41) is 4.58. The van der Waals surface area contributed by atoms with Crippen LogP contribution in [0.15, 0.2) is 18.2 Å². The van der Waals surface area contributed by atoms with Crippen molar-refractivity contribution < 1.29 is 28.6 Å². The van der Waals surface area contributed by atoms with Crippen LogP contribution in [-0.4, -0.2) is 37.9 Å². The Labute approximate surface area is 142 Å². The maximum atomic E-state index is 11.7. The third-order valence-corrected chi connectivity index (χ3v) is 3.27. The van der Waals surface area contributed by atoms with Crippen LogP contribution >= 0.6 is 11.6 Å². The maximum absolute atomic E-state index is 11.7. The second-order valence-corrected chi connectivity index (χ2v) is 5.12. The van der Waals surface area contributed by atoms with Crippen LogP contribution in [-0.2, 0) is 14.3 Å². The molecule has 24 heavy (non-hydrogen) atoms. The van der Waals surface area contributed by atoms with Crippen LogP contribution in [0.25, 0.3) is 6.08 Å². The third-order valence-electron chi connectivity index (χ3n) is 2.99. The van der Waals surface area contributed by atoms with E-state index in [-0.39, 0.29) is 6.79 Å². The number of nitrogens with one attached hydrogen (secondary N) is 2. The van der Waals surface area contributed by atoms with Crippen LogP contribution in [0.2, 0.25) is 5.02 Å². The van der Waals surface area contributed by atoms with Gasteiger partial charge in [-0.15, -0.1) is 0 Å². The number of hydrogen-bond donors (Lipinski definition) is 2. The smallest absolute Gasteiger partial charge is 0.331 e. The van der Waals surface area contributed by atoms with E-state index < -0.39 is 24.0 Å². The van der Waals surface area contributed by atoms with Gasteiger partial charge < -0.3 is 19.5 Å². The first-order valence-corrected chi connectivity index (χ1v) is 7.29. The molecule has 0 aliphatic carbocycles. The first-order chi connectivity index (χ1) is 11.4. The Balaban J connectivity index is 1.95. The fraction of sp³-hybridized carbons (Fsp3) is 0.267. The Bertz CT molecular complexity index is 703. The van der Waals surface area contributed by atoms with Crippen molar-refractivity contribution in [1.82, 2.24) is 10.6 Å². The fourth-order valence-electron chi connectivity index (χ4n) is 1.79. The molecule has 1 aliphatic rings. The Morgan fingerprint density at radius 1 is 1.33 bits per heavy atom. The molecular formula is C15H15ClN2O6. The molecule has 9 heteroatoms. The van der Waals surface area contributed by atoms with Gasteiger partial charge in [-0.1, -0.05) is 11.6 Å². The second kappa shape index (κ2) is 7.69. The van der Waals surface area contributed by atoms with Gasteiger partial charge in [0, 0.05) is 13.1 Å². The zero-order valence-electron chi connectivity index (χ0n) is 12.9. The molecule has 1 aliphatic heterocycles. The number of amides is 3. The van der Waals surface area contributed by atoms with Gasteiger partial charge in [0.1, 0.15) is 0 Å². The Hall–Kier alpha value is -2.74. The average Bonchev–Trinajstić information content (AvgIpc) is 3.01. The van der Waals surface area contributed by atoms with Gasteiger partial charge in [0.2, 0.25) is 6.79 Å². The van der Waals surface area contributed by atoms with E-state index in [1.165, 1.54) is 20.0 Å². The Morgan fingerprint density at radius 3 is 2.79 bits per heavy atom. The van der Waals surface area contributed by atoms with E-state index in [0.717, 1.165) is 6.08 Å². The number of halogens is 1. The van der Waals surface area contributed by atoms with Crippen molar-refractivity contribution in [1.29, 1.82) is 0 Å². The van der Waals surface area contributed by atoms with E-state index in [4.69, 9.17) is 25.8 Å². The van der Waals surface area contributed by atoms with E-state index in [1.807, 2.05) is 5.32 Å². The lowest BCUT2D eigenvalue weighted by Gasteiger charge is -2.11. The highest BCUT2D eigenvalue weighted by atomic mass is 35.5. The second-order valence-electron chi connectivity index (χ2n) is 4.72. The number of carbonyl (C=O) groups is 3. The molecule has 3 amide bonds. The lowest BCUT2D eigenvalue weighted by atomic mass is 10.2. The molecule has 1 aromatic carbocycles. The average molecular weight is 355 g/mol. The number of rotatable bonds is 4. The number of esters is 1. The van der Waals surface area contributed by atoms with Crippen molar-refractivity contribution in [2.45, 2.75) is 13.0 Å². The Kier molecular flexibility index (Phi) is 5.64. The van der Waals surface area contributed by atoms with E-state index >= 15 is 0 Å². The van der Waals surface area contributed by atoms with Crippen LogP contribution in [0.1, 0.15) is 12.5 Å². The number of hydrogen-bond acceptors (Lipinski definition) is 6. The van der Waals surface area contributed by atoms with Gasteiger partial charge in [-0.25, -0.2) is 9.59 Å². The van der Waals surface area contributed by atoms with Gasteiger partial charge in [-0.3, -0.25) is 10.1 Å². The number of fused-ring (bicyclic) bond motifs is 1. The van der Waals surface area contributed by atoms with Crippen molar-refractivity contribution in [2.24, 2.45) is 0 Å². The third kappa shape index (κ3) is 4.39. The highest BCUT2D eigenvalue weighted by Crippen LogP contribution is 2.40. The highest BCUT2D eigenvalue weighted by Gasteiger charge is 2.19. The molecular weight excluding hydrogens is 340 g/mol. The topological polar surface area (TPSA) is 103 Å². The SMILES string of the molecule is CNC(=O)NC(=O)[C@H](C)OC(=O)/C=C/c1cc(Cl)c2c(c1)OCO2. The summed E-state index contributed by atoms with van der Waals surface area (Å²) in [6.45, 7) is 1.43. The minimum absolute atomic E-state index is 0.0855. The van der Waals surface area contributed by atoms with Gasteiger partial charge in [-0.05, 0) is 30.7 Å². The van der Waals surface area contributed by atoms with Crippen molar-refractivity contribution >= 4 is 35.6 Å². The standard InChI is InChI=1S/C15H15ClN2O6/c1-8(14(20)18-15(21)17-2)24-12(19)4-3-9-5-10(16)13-11(6-9)22-7-23-13/h3-6,8H,7H2,1-2H3,(H2,17,18,20,21)/b4-3+/t8-/m0/s1. The molecule has 1 atom stereocenters. The summed E-state index contributed by atoms with van der Waals surface area (Å²) in [6.07, 6.45) is 1.47.